The summed E-state index contributed by atoms with van der Waals surface area (Å²) in [5.41, 5.74) is 1.76. The second-order valence-electron chi connectivity index (χ2n) is 7.99. The van der Waals surface area contributed by atoms with Gasteiger partial charge in [-0.05, 0) is 51.2 Å². The molecule has 0 atom stereocenters. The minimum atomic E-state index is -0.466. The average Bonchev–Trinajstić information content (AvgIpc) is 3.09. The molecule has 9 nitrogen and oxygen atoms in total. The van der Waals surface area contributed by atoms with Gasteiger partial charge in [0, 0.05) is 31.4 Å². The number of likely N-dealkylation sites (N-methyl/N-ethyl adjacent to an activating group) is 1. The summed E-state index contributed by atoms with van der Waals surface area (Å²) < 4.78 is 1.85. The quantitative estimate of drug-likeness (QED) is 0.455. The molecule has 168 valence electrons. The van der Waals surface area contributed by atoms with Crippen LogP contribution < -0.4 is 15.4 Å². The number of anilines is 1. The van der Waals surface area contributed by atoms with E-state index in [1.807, 2.05) is 55.0 Å². The Labute approximate surface area is 186 Å². The van der Waals surface area contributed by atoms with E-state index in [9.17, 15) is 10.1 Å². The van der Waals surface area contributed by atoms with Crippen LogP contribution in [0.1, 0.15) is 32.1 Å². The lowest BCUT2D eigenvalue weighted by Crippen LogP contribution is -2.29. The molecule has 2 N–H and O–H groups in total. The van der Waals surface area contributed by atoms with Crippen molar-refractivity contribution in [1.82, 2.24) is 20.0 Å². The highest BCUT2D eigenvalue weighted by molar-refractivity contribution is 7.12. The Kier molecular flexibility index (Phi) is 8.19. The highest BCUT2D eigenvalue weighted by atomic mass is 32.1. The number of nitrogens with zero attached hydrogens (tertiary/aromatic N) is 5. The number of nitrogens with one attached hydrogen (secondary N) is 2. The molecule has 3 rings (SSSR count). The van der Waals surface area contributed by atoms with Crippen molar-refractivity contribution in [3.63, 3.8) is 0 Å². The molecule has 1 heterocycles. The fourth-order valence-corrected chi connectivity index (χ4v) is 4.40. The maximum absolute atomic E-state index is 10.9. The number of rotatable bonds is 9. The standard InChI is InChI=1S/C21H31N7O2S/c1-26(2)14-13-22-19(15-28(29)30)23-18-11-9-16(10-12-18)20-25-27(3)21(31-20)24-17-7-5-4-6-8-17/h9-12,15,17,22-23H,4-8,13-14H2,1-3H3/b19-15+,24-21+. The van der Waals surface area contributed by atoms with Crippen LogP contribution in [0.15, 0.2) is 41.3 Å². The van der Waals surface area contributed by atoms with Crippen LogP contribution in [-0.4, -0.2) is 52.8 Å². The van der Waals surface area contributed by atoms with E-state index in [1.165, 1.54) is 19.3 Å². The van der Waals surface area contributed by atoms with Crippen molar-refractivity contribution in [3.8, 4) is 10.6 Å². The van der Waals surface area contributed by atoms with E-state index in [4.69, 9.17) is 4.99 Å². The molecule has 0 aliphatic heterocycles. The third-order valence-electron chi connectivity index (χ3n) is 5.09. The number of benzene rings is 1. The second kappa shape index (κ2) is 11.1. The fraction of sp³-hybridized carbons (Fsp3) is 0.524. The van der Waals surface area contributed by atoms with Gasteiger partial charge in [-0.15, -0.1) is 0 Å². The van der Waals surface area contributed by atoms with Crippen LogP contribution in [0.4, 0.5) is 5.69 Å². The topological polar surface area (TPSA) is 101 Å². The van der Waals surface area contributed by atoms with E-state index in [2.05, 4.69) is 15.7 Å². The maximum Gasteiger partial charge on any atom is 0.274 e. The molecule has 1 saturated carbocycles. The molecule has 2 aromatic rings. The largest absolute Gasteiger partial charge is 0.365 e. The second-order valence-corrected chi connectivity index (χ2v) is 8.95. The number of hydrogen-bond donors (Lipinski definition) is 2. The molecule has 0 radical (unpaired) electrons. The molecule has 0 bridgehead atoms. The van der Waals surface area contributed by atoms with Crippen molar-refractivity contribution >= 4 is 17.0 Å². The lowest BCUT2D eigenvalue weighted by molar-refractivity contribution is -0.403. The van der Waals surface area contributed by atoms with E-state index in [0.29, 0.717) is 18.4 Å². The predicted octanol–water partition coefficient (Wildman–Crippen LogP) is 3.02. The molecule has 1 aliphatic carbocycles. The summed E-state index contributed by atoms with van der Waals surface area (Å²) in [6.07, 6.45) is 7.11. The molecule has 1 fully saturated rings. The van der Waals surface area contributed by atoms with Crippen LogP contribution in [0, 0.1) is 10.1 Å². The zero-order chi connectivity index (χ0) is 22.2. The first-order valence-electron chi connectivity index (χ1n) is 10.6. The molecule has 1 aromatic carbocycles. The monoisotopic (exact) mass is 445 g/mol. The third-order valence-corrected chi connectivity index (χ3v) is 6.16. The SMILES string of the molecule is CN(C)CCN/C(=C\[N+](=O)[O-])Nc1ccc(-c2nn(C)/c(=N\C3CCCCC3)s2)cc1. The lowest BCUT2D eigenvalue weighted by Gasteiger charge is -2.16. The summed E-state index contributed by atoms with van der Waals surface area (Å²) >= 11 is 1.60. The minimum Gasteiger partial charge on any atom is -0.365 e. The van der Waals surface area contributed by atoms with Gasteiger partial charge in [0.15, 0.2) is 5.82 Å². The van der Waals surface area contributed by atoms with Crippen molar-refractivity contribution in [2.75, 3.05) is 32.5 Å². The van der Waals surface area contributed by atoms with Crippen molar-refractivity contribution < 1.29 is 4.92 Å². The first-order valence-corrected chi connectivity index (χ1v) is 11.4. The Hall–Kier alpha value is -2.72. The molecule has 31 heavy (non-hydrogen) atoms. The van der Waals surface area contributed by atoms with Crippen LogP contribution in [-0.2, 0) is 7.05 Å². The molecule has 10 heteroatoms. The highest BCUT2D eigenvalue weighted by Crippen LogP contribution is 2.23. The van der Waals surface area contributed by atoms with Crippen molar-refractivity contribution in [2.45, 2.75) is 38.1 Å². The smallest absolute Gasteiger partial charge is 0.274 e. The first-order chi connectivity index (χ1) is 14.9. The van der Waals surface area contributed by atoms with Gasteiger partial charge in [-0.3, -0.25) is 15.1 Å². The molecule has 0 saturated heterocycles. The van der Waals surface area contributed by atoms with Crippen LogP contribution in [0.2, 0.25) is 0 Å². The lowest BCUT2D eigenvalue weighted by atomic mass is 9.96. The number of nitro groups is 1. The van der Waals surface area contributed by atoms with Gasteiger partial charge in [-0.2, -0.15) is 5.10 Å². The highest BCUT2D eigenvalue weighted by Gasteiger charge is 2.13. The average molecular weight is 446 g/mol. The van der Waals surface area contributed by atoms with E-state index < -0.39 is 4.92 Å². The van der Waals surface area contributed by atoms with E-state index in [-0.39, 0.29) is 0 Å². The Balaban J connectivity index is 1.70. The Morgan fingerprint density at radius 1 is 1.32 bits per heavy atom. The van der Waals surface area contributed by atoms with Gasteiger partial charge in [0.2, 0.25) is 4.80 Å². The third kappa shape index (κ3) is 7.18. The Morgan fingerprint density at radius 2 is 2.03 bits per heavy atom. The number of aromatic nitrogens is 2. The van der Waals surface area contributed by atoms with Gasteiger partial charge in [0.25, 0.3) is 6.20 Å². The molecular formula is C21H31N7O2S. The Morgan fingerprint density at radius 3 is 2.68 bits per heavy atom. The van der Waals surface area contributed by atoms with Gasteiger partial charge in [-0.1, -0.05) is 30.6 Å². The van der Waals surface area contributed by atoms with Gasteiger partial charge in [0.1, 0.15) is 5.01 Å². The molecule has 0 unspecified atom stereocenters. The van der Waals surface area contributed by atoms with Crippen LogP contribution in [0.25, 0.3) is 10.6 Å². The van der Waals surface area contributed by atoms with Crippen molar-refractivity contribution in [1.29, 1.82) is 0 Å². The molecule has 1 aromatic heterocycles. The van der Waals surface area contributed by atoms with Crippen LogP contribution >= 0.6 is 11.3 Å². The van der Waals surface area contributed by atoms with Crippen molar-refractivity contribution in [2.24, 2.45) is 12.0 Å². The van der Waals surface area contributed by atoms with E-state index >= 15 is 0 Å². The fourth-order valence-electron chi connectivity index (χ4n) is 3.44. The van der Waals surface area contributed by atoms with Crippen molar-refractivity contribution in [3.05, 3.63) is 51.2 Å². The zero-order valence-electron chi connectivity index (χ0n) is 18.4. The summed E-state index contributed by atoms with van der Waals surface area (Å²) in [5.74, 6) is 0.355. The van der Waals surface area contributed by atoms with Crippen LogP contribution in [0.5, 0.6) is 0 Å². The van der Waals surface area contributed by atoms with Crippen LogP contribution in [0.3, 0.4) is 0 Å². The number of hydrogen-bond acceptors (Lipinski definition) is 8. The normalized spacial score (nSPS) is 16.0. The number of aryl methyl sites for hydroxylation is 1. The molecule has 0 amide bonds. The summed E-state index contributed by atoms with van der Waals surface area (Å²) in [4.78, 5) is 18.3. The predicted molar refractivity (Wildman–Crippen MR) is 124 cm³/mol. The summed E-state index contributed by atoms with van der Waals surface area (Å²) in [6.45, 7) is 1.37. The maximum atomic E-state index is 10.9. The molecular weight excluding hydrogens is 414 g/mol. The zero-order valence-corrected chi connectivity index (χ0v) is 19.2. The van der Waals surface area contributed by atoms with Gasteiger partial charge in [0.05, 0.1) is 11.0 Å². The summed E-state index contributed by atoms with van der Waals surface area (Å²) in [7, 11) is 5.85. The Bertz CT molecular complexity index is 957. The summed E-state index contributed by atoms with van der Waals surface area (Å²) in [6, 6.07) is 8.14. The van der Waals surface area contributed by atoms with E-state index in [1.54, 1.807) is 11.3 Å². The minimum absolute atomic E-state index is 0.355. The molecule has 0 spiro atoms. The summed E-state index contributed by atoms with van der Waals surface area (Å²) in [5, 5.41) is 22.6. The van der Waals surface area contributed by atoms with E-state index in [0.717, 1.165) is 46.6 Å². The molecule has 1 aliphatic rings. The van der Waals surface area contributed by atoms with Gasteiger partial charge >= 0.3 is 0 Å². The first kappa shape index (κ1) is 23.0. The van der Waals surface area contributed by atoms with Gasteiger partial charge in [-0.25, -0.2) is 4.68 Å². The van der Waals surface area contributed by atoms with Gasteiger partial charge < -0.3 is 15.5 Å².